The third kappa shape index (κ3) is 2.67. The van der Waals surface area contributed by atoms with Gasteiger partial charge in [-0.25, -0.2) is 9.97 Å². The second-order valence-corrected chi connectivity index (χ2v) is 4.21. The van der Waals surface area contributed by atoms with Crippen molar-refractivity contribution in [1.29, 1.82) is 0 Å². The van der Waals surface area contributed by atoms with Crippen molar-refractivity contribution in [1.82, 2.24) is 9.97 Å². The molecule has 0 aliphatic carbocycles. The van der Waals surface area contributed by atoms with Crippen LogP contribution in [0.15, 0.2) is 24.3 Å². The second kappa shape index (κ2) is 5.04. The van der Waals surface area contributed by atoms with E-state index in [0.29, 0.717) is 12.8 Å². The third-order valence-corrected chi connectivity index (χ3v) is 2.74. The number of fused-ring (bicyclic) bond motifs is 1. The number of nitrogens with zero attached hydrogens (tertiary/aromatic N) is 2. The molecule has 0 aliphatic rings. The summed E-state index contributed by atoms with van der Waals surface area (Å²) in [6.45, 7) is 3.92. The number of carbonyl (C=O) groups excluding carboxylic acids is 1. The number of ketones is 1. The van der Waals surface area contributed by atoms with E-state index in [0.717, 1.165) is 28.8 Å². The van der Waals surface area contributed by atoms with E-state index in [4.69, 9.17) is 0 Å². The van der Waals surface area contributed by atoms with Gasteiger partial charge in [0, 0.05) is 6.42 Å². The maximum Gasteiger partial charge on any atom is 0.138 e. The zero-order valence-corrected chi connectivity index (χ0v) is 10.2. The van der Waals surface area contributed by atoms with E-state index in [1.807, 2.05) is 38.1 Å². The van der Waals surface area contributed by atoms with Crippen LogP contribution in [0.5, 0.6) is 0 Å². The van der Waals surface area contributed by atoms with Crippen LogP contribution in [-0.2, 0) is 11.2 Å². The Bertz CT molecular complexity index is 549. The Labute approximate surface area is 101 Å². The number of Topliss-reactive ketones (excluding diaryl/α,β-unsaturated/α-hetero) is 1. The van der Waals surface area contributed by atoms with Gasteiger partial charge in [-0.05, 0) is 25.5 Å². The zero-order valence-electron chi connectivity index (χ0n) is 10.2. The quantitative estimate of drug-likeness (QED) is 0.808. The first kappa shape index (κ1) is 11.7. The lowest BCUT2D eigenvalue weighted by Gasteiger charge is -2.05. The van der Waals surface area contributed by atoms with Gasteiger partial charge in [0.05, 0.1) is 28.8 Å². The van der Waals surface area contributed by atoms with Gasteiger partial charge < -0.3 is 0 Å². The van der Waals surface area contributed by atoms with E-state index in [2.05, 4.69) is 9.97 Å². The van der Waals surface area contributed by atoms with E-state index in [1.165, 1.54) is 0 Å². The molecule has 0 saturated heterocycles. The molecule has 0 fully saturated rings. The largest absolute Gasteiger partial charge is 0.299 e. The molecule has 3 nitrogen and oxygen atoms in total. The Hall–Kier alpha value is -1.77. The van der Waals surface area contributed by atoms with Crippen molar-refractivity contribution in [2.75, 3.05) is 0 Å². The maximum atomic E-state index is 11.6. The molecule has 17 heavy (non-hydrogen) atoms. The molecular formula is C14H16N2O. The number of aryl methyl sites for hydroxylation is 1. The van der Waals surface area contributed by atoms with Crippen molar-refractivity contribution in [3.63, 3.8) is 0 Å². The first-order valence-corrected chi connectivity index (χ1v) is 5.94. The fourth-order valence-corrected chi connectivity index (χ4v) is 1.85. The Balaban J connectivity index is 2.34. The summed E-state index contributed by atoms with van der Waals surface area (Å²) in [4.78, 5) is 20.6. The molecule has 0 amide bonds. The van der Waals surface area contributed by atoms with Crippen LogP contribution in [0.3, 0.4) is 0 Å². The first-order chi connectivity index (χ1) is 8.20. The van der Waals surface area contributed by atoms with E-state index in [-0.39, 0.29) is 5.78 Å². The lowest BCUT2D eigenvalue weighted by Crippen LogP contribution is -2.07. The molecule has 0 bridgehead atoms. The van der Waals surface area contributed by atoms with Crippen LogP contribution in [0.25, 0.3) is 11.0 Å². The van der Waals surface area contributed by atoms with E-state index < -0.39 is 0 Å². The maximum absolute atomic E-state index is 11.6. The SMILES string of the molecule is CCCC(=O)Cc1nc2ccccc2nc1C. The predicted octanol–water partition coefficient (Wildman–Crippen LogP) is 2.85. The van der Waals surface area contributed by atoms with Crippen LogP contribution in [0.1, 0.15) is 31.2 Å². The molecule has 0 saturated carbocycles. The average Bonchev–Trinajstić information content (AvgIpc) is 2.30. The van der Waals surface area contributed by atoms with Crippen LogP contribution in [0.2, 0.25) is 0 Å². The summed E-state index contributed by atoms with van der Waals surface area (Å²) in [5.41, 5.74) is 3.41. The average molecular weight is 228 g/mol. The summed E-state index contributed by atoms with van der Waals surface area (Å²) in [5.74, 6) is 0.236. The monoisotopic (exact) mass is 228 g/mol. The molecule has 1 heterocycles. The molecule has 0 atom stereocenters. The summed E-state index contributed by atoms with van der Waals surface area (Å²) in [6.07, 6.45) is 1.91. The minimum atomic E-state index is 0.236. The number of hydrogen-bond donors (Lipinski definition) is 0. The van der Waals surface area contributed by atoms with E-state index in [1.54, 1.807) is 0 Å². The van der Waals surface area contributed by atoms with Gasteiger partial charge in [-0.15, -0.1) is 0 Å². The van der Waals surface area contributed by atoms with Crippen LogP contribution in [0, 0.1) is 6.92 Å². The highest BCUT2D eigenvalue weighted by molar-refractivity contribution is 5.81. The van der Waals surface area contributed by atoms with Gasteiger partial charge in [-0.2, -0.15) is 0 Å². The van der Waals surface area contributed by atoms with Crippen molar-refractivity contribution in [2.45, 2.75) is 33.1 Å². The van der Waals surface area contributed by atoms with Crippen LogP contribution >= 0.6 is 0 Å². The van der Waals surface area contributed by atoms with Gasteiger partial charge in [0.25, 0.3) is 0 Å². The predicted molar refractivity (Wildman–Crippen MR) is 67.9 cm³/mol. The molecule has 1 aromatic carbocycles. The van der Waals surface area contributed by atoms with Crippen molar-refractivity contribution < 1.29 is 4.79 Å². The number of para-hydroxylation sites is 2. The molecule has 1 aromatic heterocycles. The standard InChI is InChI=1S/C14H16N2O/c1-3-6-11(17)9-14-10(2)15-12-7-4-5-8-13(12)16-14/h4-5,7-8H,3,6,9H2,1-2H3. The minimum absolute atomic E-state index is 0.236. The van der Waals surface area contributed by atoms with E-state index in [9.17, 15) is 4.79 Å². The fourth-order valence-electron chi connectivity index (χ4n) is 1.85. The zero-order chi connectivity index (χ0) is 12.3. The lowest BCUT2D eigenvalue weighted by atomic mass is 10.1. The highest BCUT2D eigenvalue weighted by atomic mass is 16.1. The Morgan fingerprint density at radius 1 is 1.18 bits per heavy atom. The Kier molecular flexibility index (Phi) is 3.47. The number of benzene rings is 1. The Morgan fingerprint density at radius 3 is 2.47 bits per heavy atom. The number of hydrogen-bond acceptors (Lipinski definition) is 3. The fraction of sp³-hybridized carbons (Fsp3) is 0.357. The molecule has 0 unspecified atom stereocenters. The van der Waals surface area contributed by atoms with Crippen LogP contribution in [0.4, 0.5) is 0 Å². The summed E-state index contributed by atoms with van der Waals surface area (Å²) >= 11 is 0. The molecule has 3 heteroatoms. The normalized spacial score (nSPS) is 10.7. The van der Waals surface area contributed by atoms with Gasteiger partial charge in [0.2, 0.25) is 0 Å². The van der Waals surface area contributed by atoms with Crippen LogP contribution < -0.4 is 0 Å². The first-order valence-electron chi connectivity index (χ1n) is 5.94. The molecule has 0 spiro atoms. The van der Waals surface area contributed by atoms with Gasteiger partial charge in [-0.1, -0.05) is 19.1 Å². The smallest absolute Gasteiger partial charge is 0.138 e. The van der Waals surface area contributed by atoms with E-state index >= 15 is 0 Å². The number of aromatic nitrogens is 2. The minimum Gasteiger partial charge on any atom is -0.299 e. The molecular weight excluding hydrogens is 212 g/mol. The van der Waals surface area contributed by atoms with Crippen molar-refractivity contribution >= 4 is 16.8 Å². The summed E-state index contributed by atoms with van der Waals surface area (Å²) in [6, 6.07) is 7.74. The lowest BCUT2D eigenvalue weighted by molar-refractivity contribution is -0.118. The topological polar surface area (TPSA) is 42.9 Å². The third-order valence-electron chi connectivity index (χ3n) is 2.74. The summed E-state index contributed by atoms with van der Waals surface area (Å²) in [5, 5.41) is 0. The highest BCUT2D eigenvalue weighted by Crippen LogP contribution is 2.13. The number of carbonyl (C=O) groups is 1. The van der Waals surface area contributed by atoms with Gasteiger partial charge in [0.1, 0.15) is 5.78 Å². The molecule has 0 aliphatic heterocycles. The van der Waals surface area contributed by atoms with Crippen LogP contribution in [-0.4, -0.2) is 15.8 Å². The molecule has 0 radical (unpaired) electrons. The second-order valence-electron chi connectivity index (χ2n) is 4.21. The Morgan fingerprint density at radius 2 is 1.82 bits per heavy atom. The van der Waals surface area contributed by atoms with Crippen molar-refractivity contribution in [3.8, 4) is 0 Å². The number of rotatable bonds is 4. The van der Waals surface area contributed by atoms with Gasteiger partial charge >= 0.3 is 0 Å². The summed E-state index contributed by atoms with van der Waals surface area (Å²) in [7, 11) is 0. The van der Waals surface area contributed by atoms with Crippen molar-refractivity contribution in [2.24, 2.45) is 0 Å². The highest BCUT2D eigenvalue weighted by Gasteiger charge is 2.09. The summed E-state index contributed by atoms with van der Waals surface area (Å²) < 4.78 is 0. The molecule has 2 rings (SSSR count). The molecule has 2 aromatic rings. The molecule has 0 N–H and O–H groups in total. The van der Waals surface area contributed by atoms with Crippen molar-refractivity contribution in [3.05, 3.63) is 35.7 Å². The van der Waals surface area contributed by atoms with Gasteiger partial charge in [-0.3, -0.25) is 4.79 Å². The molecule has 88 valence electrons. The van der Waals surface area contributed by atoms with Gasteiger partial charge in [0.15, 0.2) is 0 Å².